The number of hydrogen-bond donors (Lipinski definition) is 2. The lowest BCUT2D eigenvalue weighted by Gasteiger charge is -2.17. The van der Waals surface area contributed by atoms with Gasteiger partial charge in [-0.2, -0.15) is 0 Å². The first-order valence-corrected chi connectivity index (χ1v) is 6.85. The van der Waals surface area contributed by atoms with Gasteiger partial charge in [-0.1, -0.05) is 17.7 Å². The summed E-state index contributed by atoms with van der Waals surface area (Å²) in [5.74, 6) is 0.372. The lowest BCUT2D eigenvalue weighted by molar-refractivity contribution is 0.179. The molecule has 0 fully saturated rings. The molecule has 0 bridgehead atoms. The van der Waals surface area contributed by atoms with Gasteiger partial charge in [0.25, 0.3) is 0 Å². The predicted octanol–water partition coefficient (Wildman–Crippen LogP) is 2.22. The van der Waals surface area contributed by atoms with E-state index in [0.29, 0.717) is 36.1 Å². The second-order valence-corrected chi connectivity index (χ2v) is 4.86. The van der Waals surface area contributed by atoms with E-state index in [-0.39, 0.29) is 11.9 Å². The van der Waals surface area contributed by atoms with Gasteiger partial charge in [0.1, 0.15) is 5.82 Å². The minimum Gasteiger partial charge on any atom is -0.383 e. The highest BCUT2D eigenvalue weighted by atomic mass is 35.5. The zero-order valence-corrected chi connectivity index (χ0v) is 12.8. The van der Waals surface area contributed by atoms with Crippen LogP contribution in [0.4, 0.5) is 4.39 Å². The van der Waals surface area contributed by atoms with Gasteiger partial charge in [-0.25, -0.2) is 4.39 Å². The minimum atomic E-state index is -0.282. The highest BCUT2D eigenvalue weighted by Gasteiger charge is 2.08. The number of ether oxygens (including phenoxy) is 1. The van der Waals surface area contributed by atoms with Crippen LogP contribution in [-0.2, 0) is 11.2 Å². The standard InChI is InChI=1S/C14H21ClFN3O/c1-10(9-20-3)19-14(17-2)18-8-7-11-12(15)5-4-6-13(11)16/h4-6,10H,7-9H2,1-3H3,(H2,17,18,19). The molecule has 0 amide bonds. The summed E-state index contributed by atoms with van der Waals surface area (Å²) < 4.78 is 18.6. The molecule has 0 aliphatic rings. The average molecular weight is 302 g/mol. The van der Waals surface area contributed by atoms with Crippen molar-refractivity contribution in [1.29, 1.82) is 0 Å². The third-order valence-electron chi connectivity index (χ3n) is 2.75. The SMILES string of the molecule is CN=C(NCCc1c(F)cccc1Cl)NC(C)COC. The number of nitrogens with one attached hydrogen (secondary N) is 2. The van der Waals surface area contributed by atoms with Crippen LogP contribution in [-0.4, -0.2) is 39.3 Å². The number of methoxy groups -OCH3 is 1. The van der Waals surface area contributed by atoms with Crippen molar-refractivity contribution in [3.8, 4) is 0 Å². The van der Waals surface area contributed by atoms with Gasteiger partial charge in [0.05, 0.1) is 6.61 Å². The third kappa shape index (κ3) is 5.35. The number of guanidine groups is 1. The van der Waals surface area contributed by atoms with Crippen molar-refractivity contribution >= 4 is 17.6 Å². The van der Waals surface area contributed by atoms with E-state index in [9.17, 15) is 4.39 Å². The van der Waals surface area contributed by atoms with Crippen molar-refractivity contribution < 1.29 is 9.13 Å². The molecule has 1 aromatic carbocycles. The molecule has 1 unspecified atom stereocenters. The van der Waals surface area contributed by atoms with Gasteiger partial charge in [-0.15, -0.1) is 0 Å². The van der Waals surface area contributed by atoms with Crippen LogP contribution in [0.25, 0.3) is 0 Å². The van der Waals surface area contributed by atoms with Crippen molar-refractivity contribution in [2.45, 2.75) is 19.4 Å². The van der Waals surface area contributed by atoms with Gasteiger partial charge >= 0.3 is 0 Å². The molecule has 2 N–H and O–H groups in total. The van der Waals surface area contributed by atoms with Crippen molar-refractivity contribution in [3.05, 3.63) is 34.6 Å². The van der Waals surface area contributed by atoms with Gasteiger partial charge in [0.2, 0.25) is 0 Å². The van der Waals surface area contributed by atoms with Gasteiger partial charge in [0.15, 0.2) is 5.96 Å². The fourth-order valence-corrected chi connectivity index (χ4v) is 2.05. The molecule has 0 spiro atoms. The molecule has 1 atom stereocenters. The Morgan fingerprint density at radius 3 is 2.85 bits per heavy atom. The summed E-state index contributed by atoms with van der Waals surface area (Å²) in [6, 6.07) is 4.84. The van der Waals surface area contributed by atoms with E-state index in [1.54, 1.807) is 26.3 Å². The largest absolute Gasteiger partial charge is 0.383 e. The van der Waals surface area contributed by atoms with Crippen LogP contribution in [0.2, 0.25) is 5.02 Å². The predicted molar refractivity (Wildman–Crippen MR) is 80.9 cm³/mol. The Balaban J connectivity index is 2.46. The molecule has 6 heteroatoms. The smallest absolute Gasteiger partial charge is 0.191 e. The zero-order chi connectivity index (χ0) is 15.0. The van der Waals surface area contributed by atoms with Gasteiger partial charge in [0, 0.05) is 37.3 Å². The summed E-state index contributed by atoms with van der Waals surface area (Å²) >= 11 is 5.97. The summed E-state index contributed by atoms with van der Waals surface area (Å²) in [5, 5.41) is 6.74. The van der Waals surface area contributed by atoms with E-state index < -0.39 is 0 Å². The van der Waals surface area contributed by atoms with Crippen LogP contribution >= 0.6 is 11.6 Å². The maximum absolute atomic E-state index is 13.6. The van der Waals surface area contributed by atoms with Crippen molar-refractivity contribution in [3.63, 3.8) is 0 Å². The normalized spacial score (nSPS) is 13.2. The molecule has 1 rings (SSSR count). The topological polar surface area (TPSA) is 45.7 Å². The molecule has 0 saturated carbocycles. The van der Waals surface area contributed by atoms with E-state index in [1.807, 2.05) is 6.92 Å². The average Bonchev–Trinajstić information content (AvgIpc) is 2.41. The molecule has 0 heterocycles. The Morgan fingerprint density at radius 2 is 2.25 bits per heavy atom. The summed E-state index contributed by atoms with van der Waals surface area (Å²) in [6.07, 6.45) is 0.491. The molecule has 4 nitrogen and oxygen atoms in total. The number of rotatable bonds is 6. The summed E-state index contributed by atoms with van der Waals surface area (Å²) in [5.41, 5.74) is 0.516. The van der Waals surface area contributed by atoms with E-state index >= 15 is 0 Å². The molecular formula is C14H21ClFN3O. The van der Waals surface area contributed by atoms with Gasteiger partial charge < -0.3 is 15.4 Å². The molecule has 1 aromatic rings. The number of halogens is 2. The molecule has 0 aliphatic carbocycles. The first kappa shape index (κ1) is 16.7. The Morgan fingerprint density at radius 1 is 1.50 bits per heavy atom. The fraction of sp³-hybridized carbons (Fsp3) is 0.500. The van der Waals surface area contributed by atoms with Crippen molar-refractivity contribution in [2.24, 2.45) is 4.99 Å². The van der Waals surface area contributed by atoms with Crippen LogP contribution in [0.1, 0.15) is 12.5 Å². The second-order valence-electron chi connectivity index (χ2n) is 4.45. The van der Waals surface area contributed by atoms with E-state index in [2.05, 4.69) is 15.6 Å². The van der Waals surface area contributed by atoms with Gasteiger partial charge in [-0.3, -0.25) is 4.99 Å². The Bertz CT molecular complexity index is 434. The first-order valence-electron chi connectivity index (χ1n) is 6.47. The molecule has 0 radical (unpaired) electrons. The number of hydrogen-bond acceptors (Lipinski definition) is 2. The van der Waals surface area contributed by atoms with E-state index in [1.165, 1.54) is 6.07 Å². The second kappa shape index (κ2) is 8.76. The zero-order valence-electron chi connectivity index (χ0n) is 12.0. The maximum Gasteiger partial charge on any atom is 0.191 e. The Hall–Kier alpha value is -1.33. The lowest BCUT2D eigenvalue weighted by Crippen LogP contribution is -2.44. The van der Waals surface area contributed by atoms with Crippen LogP contribution < -0.4 is 10.6 Å². The summed E-state index contributed by atoms with van der Waals surface area (Å²) in [7, 11) is 3.33. The minimum absolute atomic E-state index is 0.142. The third-order valence-corrected chi connectivity index (χ3v) is 3.11. The molecule has 0 saturated heterocycles. The summed E-state index contributed by atoms with van der Waals surface area (Å²) in [4.78, 5) is 4.10. The Kier molecular flexibility index (Phi) is 7.33. The van der Waals surface area contributed by atoms with Crippen molar-refractivity contribution in [2.75, 3.05) is 27.3 Å². The number of benzene rings is 1. The number of nitrogens with zero attached hydrogens (tertiary/aromatic N) is 1. The van der Waals surface area contributed by atoms with Crippen molar-refractivity contribution in [1.82, 2.24) is 10.6 Å². The maximum atomic E-state index is 13.6. The Labute approximate surface area is 124 Å². The lowest BCUT2D eigenvalue weighted by atomic mass is 10.1. The van der Waals surface area contributed by atoms with Crippen LogP contribution in [0.15, 0.2) is 23.2 Å². The van der Waals surface area contributed by atoms with E-state index in [0.717, 1.165) is 0 Å². The molecular weight excluding hydrogens is 281 g/mol. The van der Waals surface area contributed by atoms with Crippen LogP contribution in [0, 0.1) is 5.82 Å². The fourth-order valence-electron chi connectivity index (χ4n) is 1.80. The van der Waals surface area contributed by atoms with Crippen LogP contribution in [0.3, 0.4) is 0 Å². The quantitative estimate of drug-likeness (QED) is 0.625. The van der Waals surface area contributed by atoms with Crippen LogP contribution in [0.5, 0.6) is 0 Å². The molecule has 112 valence electrons. The van der Waals surface area contributed by atoms with Gasteiger partial charge in [-0.05, 0) is 25.5 Å². The molecule has 20 heavy (non-hydrogen) atoms. The highest BCUT2D eigenvalue weighted by molar-refractivity contribution is 6.31. The molecule has 0 aromatic heterocycles. The summed E-state index contributed by atoms with van der Waals surface area (Å²) in [6.45, 7) is 3.12. The first-order chi connectivity index (χ1) is 9.58. The molecule has 0 aliphatic heterocycles. The van der Waals surface area contributed by atoms with E-state index in [4.69, 9.17) is 16.3 Å². The number of aliphatic imine (C=N–C) groups is 1. The monoisotopic (exact) mass is 301 g/mol. The highest BCUT2D eigenvalue weighted by Crippen LogP contribution is 2.18.